The summed E-state index contributed by atoms with van der Waals surface area (Å²) in [6.45, 7) is 4.83. The summed E-state index contributed by atoms with van der Waals surface area (Å²) in [7, 11) is 0. The van der Waals surface area contributed by atoms with E-state index in [9.17, 15) is 4.79 Å². The molecule has 3 aromatic heterocycles. The zero-order valence-corrected chi connectivity index (χ0v) is 15.6. The number of carbonyl (C=O) groups excluding carboxylic acids is 1. The number of nitrogens with zero attached hydrogens (tertiary/aromatic N) is 5. The van der Waals surface area contributed by atoms with Gasteiger partial charge in [-0.05, 0) is 34.7 Å². The molecule has 0 aliphatic carbocycles. The molecule has 0 spiro atoms. The van der Waals surface area contributed by atoms with Crippen LogP contribution in [-0.2, 0) is 0 Å². The molecule has 3 aromatic rings. The summed E-state index contributed by atoms with van der Waals surface area (Å²) in [6, 6.07) is 1.88. The molecule has 1 amide bonds. The van der Waals surface area contributed by atoms with E-state index >= 15 is 0 Å². The highest BCUT2D eigenvalue weighted by atomic mass is 79.9. The maximum absolute atomic E-state index is 13.1. The van der Waals surface area contributed by atoms with Crippen molar-refractivity contribution in [1.29, 1.82) is 0 Å². The van der Waals surface area contributed by atoms with E-state index in [0.717, 1.165) is 28.8 Å². The van der Waals surface area contributed by atoms with Gasteiger partial charge in [0.05, 0.1) is 22.4 Å². The average molecular weight is 404 g/mol. The van der Waals surface area contributed by atoms with Gasteiger partial charge in [-0.15, -0.1) is 0 Å². The van der Waals surface area contributed by atoms with E-state index in [1.807, 2.05) is 11.0 Å². The average Bonchev–Trinajstić information content (AvgIpc) is 3.31. The van der Waals surface area contributed by atoms with E-state index < -0.39 is 0 Å². The summed E-state index contributed by atoms with van der Waals surface area (Å²) in [5, 5.41) is 8.37. The molecule has 8 heteroatoms. The zero-order valence-electron chi connectivity index (χ0n) is 14.0. The molecule has 0 radical (unpaired) electrons. The van der Waals surface area contributed by atoms with Gasteiger partial charge in [-0.2, -0.15) is 5.10 Å². The van der Waals surface area contributed by atoms with Crippen LogP contribution < -0.4 is 0 Å². The first-order valence-corrected chi connectivity index (χ1v) is 9.10. The van der Waals surface area contributed by atoms with Gasteiger partial charge in [0, 0.05) is 25.0 Å². The van der Waals surface area contributed by atoms with Crippen LogP contribution in [0.2, 0.25) is 0 Å². The number of halogens is 1. The highest BCUT2D eigenvalue weighted by molar-refractivity contribution is 9.10. The van der Waals surface area contributed by atoms with Crippen LogP contribution in [0, 0.1) is 0 Å². The van der Waals surface area contributed by atoms with E-state index in [4.69, 9.17) is 4.52 Å². The Morgan fingerprint density at radius 1 is 1.40 bits per heavy atom. The third kappa shape index (κ3) is 2.84. The third-order valence-electron chi connectivity index (χ3n) is 4.54. The highest BCUT2D eigenvalue weighted by Crippen LogP contribution is 2.34. The molecule has 1 aliphatic heterocycles. The van der Waals surface area contributed by atoms with Crippen molar-refractivity contribution >= 4 is 27.5 Å². The first kappa shape index (κ1) is 16.3. The van der Waals surface area contributed by atoms with Crippen molar-refractivity contribution in [2.24, 2.45) is 0 Å². The SMILES string of the molecule is CC(C)c1cc([C@@H]2CCCN2C(=O)c2cnn3cc(Br)cnc23)on1. The molecule has 1 aliphatic rings. The van der Waals surface area contributed by atoms with E-state index in [0.29, 0.717) is 23.7 Å². The molecule has 130 valence electrons. The summed E-state index contributed by atoms with van der Waals surface area (Å²) >= 11 is 3.36. The summed E-state index contributed by atoms with van der Waals surface area (Å²) in [5.74, 6) is 0.974. The van der Waals surface area contributed by atoms with E-state index in [-0.39, 0.29) is 11.9 Å². The van der Waals surface area contributed by atoms with Gasteiger partial charge >= 0.3 is 0 Å². The Morgan fingerprint density at radius 3 is 3.00 bits per heavy atom. The predicted octanol–water partition coefficient (Wildman–Crippen LogP) is 3.58. The number of likely N-dealkylation sites (tertiary alicyclic amines) is 1. The fourth-order valence-electron chi connectivity index (χ4n) is 3.20. The van der Waals surface area contributed by atoms with Crippen molar-refractivity contribution in [2.45, 2.75) is 38.6 Å². The summed E-state index contributed by atoms with van der Waals surface area (Å²) in [6.07, 6.45) is 6.84. The smallest absolute Gasteiger partial charge is 0.259 e. The number of aromatic nitrogens is 4. The Hall–Kier alpha value is -2.22. The standard InChI is InChI=1S/C17H18BrN5O2/c1-10(2)13-6-15(25-21-13)14-4-3-5-22(14)17(24)12-8-20-23-9-11(18)7-19-16(12)23/h6-10,14H,3-5H2,1-2H3/t14-/m0/s1. The quantitative estimate of drug-likeness (QED) is 0.667. The van der Waals surface area contributed by atoms with Crippen molar-refractivity contribution in [3.63, 3.8) is 0 Å². The monoisotopic (exact) mass is 403 g/mol. The molecule has 25 heavy (non-hydrogen) atoms. The minimum Gasteiger partial charge on any atom is -0.359 e. The van der Waals surface area contributed by atoms with Gasteiger partial charge in [-0.3, -0.25) is 4.79 Å². The molecule has 4 heterocycles. The number of amides is 1. The number of carbonyl (C=O) groups is 1. The van der Waals surface area contributed by atoms with Crippen LogP contribution in [0.4, 0.5) is 0 Å². The van der Waals surface area contributed by atoms with Gasteiger partial charge in [0.1, 0.15) is 5.56 Å². The van der Waals surface area contributed by atoms with E-state index in [1.165, 1.54) is 0 Å². The highest BCUT2D eigenvalue weighted by Gasteiger charge is 2.34. The number of hydrogen-bond donors (Lipinski definition) is 0. The predicted molar refractivity (Wildman–Crippen MR) is 94.3 cm³/mol. The largest absolute Gasteiger partial charge is 0.359 e. The van der Waals surface area contributed by atoms with Crippen molar-refractivity contribution in [1.82, 2.24) is 24.7 Å². The van der Waals surface area contributed by atoms with Crippen LogP contribution in [0.15, 0.2) is 33.7 Å². The lowest BCUT2D eigenvalue weighted by Crippen LogP contribution is -2.30. The van der Waals surface area contributed by atoms with Crippen LogP contribution in [0.1, 0.15) is 60.5 Å². The molecule has 1 atom stereocenters. The lowest BCUT2D eigenvalue weighted by molar-refractivity contribution is 0.0716. The molecule has 1 fully saturated rings. The van der Waals surface area contributed by atoms with Crippen LogP contribution in [0.3, 0.4) is 0 Å². The summed E-state index contributed by atoms with van der Waals surface area (Å²) in [5.41, 5.74) is 1.97. The molecule has 0 N–H and O–H groups in total. The van der Waals surface area contributed by atoms with Gasteiger partial charge in [-0.25, -0.2) is 9.50 Å². The topological polar surface area (TPSA) is 76.5 Å². The minimum atomic E-state index is -0.0853. The van der Waals surface area contributed by atoms with Crippen LogP contribution in [0.5, 0.6) is 0 Å². The van der Waals surface area contributed by atoms with Crippen LogP contribution in [0.25, 0.3) is 5.65 Å². The van der Waals surface area contributed by atoms with Gasteiger partial charge in [0.2, 0.25) is 0 Å². The number of fused-ring (bicyclic) bond motifs is 1. The van der Waals surface area contributed by atoms with Crippen LogP contribution in [-0.4, -0.2) is 37.1 Å². The lowest BCUT2D eigenvalue weighted by Gasteiger charge is -2.22. The lowest BCUT2D eigenvalue weighted by atomic mass is 10.1. The fourth-order valence-corrected chi connectivity index (χ4v) is 3.49. The Labute approximate surface area is 153 Å². The molecular weight excluding hydrogens is 386 g/mol. The Balaban J connectivity index is 1.65. The Morgan fingerprint density at radius 2 is 2.24 bits per heavy atom. The molecule has 0 saturated carbocycles. The normalized spacial score (nSPS) is 17.8. The second-order valence-corrected chi connectivity index (χ2v) is 7.48. The first-order valence-electron chi connectivity index (χ1n) is 8.31. The van der Waals surface area contributed by atoms with Gasteiger partial charge in [-0.1, -0.05) is 19.0 Å². The molecule has 0 unspecified atom stereocenters. The van der Waals surface area contributed by atoms with Crippen molar-refractivity contribution in [3.8, 4) is 0 Å². The second-order valence-electron chi connectivity index (χ2n) is 6.56. The summed E-state index contributed by atoms with van der Waals surface area (Å²) in [4.78, 5) is 19.3. The van der Waals surface area contributed by atoms with E-state index in [1.54, 1.807) is 23.1 Å². The number of hydrogen-bond acceptors (Lipinski definition) is 5. The van der Waals surface area contributed by atoms with Crippen molar-refractivity contribution in [3.05, 3.63) is 46.1 Å². The van der Waals surface area contributed by atoms with Gasteiger partial charge in [0.15, 0.2) is 11.4 Å². The van der Waals surface area contributed by atoms with Crippen molar-refractivity contribution in [2.75, 3.05) is 6.54 Å². The minimum absolute atomic E-state index is 0.0742. The fraction of sp³-hybridized carbons (Fsp3) is 0.412. The van der Waals surface area contributed by atoms with E-state index in [2.05, 4.69) is 45.0 Å². The molecule has 0 aromatic carbocycles. The second kappa shape index (κ2) is 6.25. The molecule has 4 rings (SSSR count). The molecule has 0 bridgehead atoms. The van der Waals surface area contributed by atoms with Gasteiger partial charge in [0.25, 0.3) is 5.91 Å². The van der Waals surface area contributed by atoms with Crippen LogP contribution >= 0.6 is 15.9 Å². The van der Waals surface area contributed by atoms with Crippen molar-refractivity contribution < 1.29 is 9.32 Å². The zero-order chi connectivity index (χ0) is 17.6. The first-order chi connectivity index (χ1) is 12.0. The Bertz CT molecular complexity index is 932. The number of rotatable bonds is 3. The summed E-state index contributed by atoms with van der Waals surface area (Å²) < 4.78 is 7.94. The maximum Gasteiger partial charge on any atom is 0.259 e. The third-order valence-corrected chi connectivity index (χ3v) is 4.95. The molecule has 7 nitrogen and oxygen atoms in total. The Kier molecular flexibility index (Phi) is 4.07. The molecule has 1 saturated heterocycles. The maximum atomic E-state index is 13.1. The molecular formula is C17H18BrN5O2. The van der Waals surface area contributed by atoms with Gasteiger partial charge < -0.3 is 9.42 Å².